The SMILES string of the molecule is CCOc1ccc(NC(=O)[C@H]2CC(=O)N/C(=N\N=C(\C)c3ccc(F)cc3)S2)cc1. The molecule has 30 heavy (non-hydrogen) atoms. The van der Waals surface area contributed by atoms with E-state index >= 15 is 0 Å². The van der Waals surface area contributed by atoms with Gasteiger partial charge in [-0.15, -0.1) is 5.10 Å². The van der Waals surface area contributed by atoms with E-state index in [0.29, 0.717) is 29.3 Å². The van der Waals surface area contributed by atoms with E-state index in [0.717, 1.165) is 11.8 Å². The van der Waals surface area contributed by atoms with E-state index in [4.69, 9.17) is 4.74 Å². The Hall–Kier alpha value is -3.20. The van der Waals surface area contributed by atoms with Crippen LogP contribution in [0.2, 0.25) is 0 Å². The van der Waals surface area contributed by atoms with Crippen molar-refractivity contribution in [3.05, 3.63) is 59.9 Å². The number of hydrogen-bond donors (Lipinski definition) is 2. The molecule has 0 unspecified atom stereocenters. The molecular formula is C21H21FN4O3S. The van der Waals surface area contributed by atoms with Gasteiger partial charge in [-0.2, -0.15) is 5.10 Å². The summed E-state index contributed by atoms with van der Waals surface area (Å²) < 4.78 is 18.4. The maximum absolute atomic E-state index is 13.0. The fourth-order valence-corrected chi connectivity index (χ4v) is 3.56. The molecule has 0 spiro atoms. The summed E-state index contributed by atoms with van der Waals surface area (Å²) in [5, 5.41) is 13.1. The van der Waals surface area contributed by atoms with Crippen LogP contribution in [0.3, 0.4) is 0 Å². The molecule has 0 saturated carbocycles. The quantitative estimate of drug-likeness (QED) is 0.544. The minimum Gasteiger partial charge on any atom is -0.494 e. The summed E-state index contributed by atoms with van der Waals surface area (Å²) in [5.41, 5.74) is 1.87. The highest BCUT2D eigenvalue weighted by Gasteiger charge is 2.30. The average molecular weight is 428 g/mol. The first-order valence-electron chi connectivity index (χ1n) is 9.33. The van der Waals surface area contributed by atoms with Crippen LogP contribution in [0.5, 0.6) is 5.75 Å². The number of benzene rings is 2. The van der Waals surface area contributed by atoms with Gasteiger partial charge < -0.3 is 15.4 Å². The number of carbonyl (C=O) groups excluding carboxylic acids is 2. The van der Waals surface area contributed by atoms with Crippen molar-refractivity contribution in [3.63, 3.8) is 0 Å². The molecule has 0 aliphatic carbocycles. The number of hydrogen-bond acceptors (Lipinski definition) is 6. The standard InChI is InChI=1S/C21H21FN4O3S/c1-3-29-17-10-8-16(9-11-17)23-20(28)18-12-19(27)24-21(30-18)26-25-13(2)14-4-6-15(22)7-5-14/h4-11,18H,3,12H2,1-2H3,(H,23,28)(H,24,26,27)/b25-13-/t18-/m1/s1. The number of rotatable bonds is 6. The molecule has 1 heterocycles. The molecule has 2 amide bonds. The number of nitrogens with one attached hydrogen (secondary N) is 2. The Morgan fingerprint density at radius 3 is 2.60 bits per heavy atom. The number of nitrogens with zero attached hydrogens (tertiary/aromatic N) is 2. The molecule has 1 aliphatic heterocycles. The van der Waals surface area contributed by atoms with Crippen LogP contribution in [0.15, 0.2) is 58.7 Å². The molecular weight excluding hydrogens is 407 g/mol. The summed E-state index contributed by atoms with van der Waals surface area (Å²) in [4.78, 5) is 24.6. The van der Waals surface area contributed by atoms with Gasteiger partial charge in [0.25, 0.3) is 0 Å². The zero-order valence-corrected chi connectivity index (χ0v) is 17.3. The predicted molar refractivity (Wildman–Crippen MR) is 116 cm³/mol. The lowest BCUT2D eigenvalue weighted by Gasteiger charge is -2.21. The monoisotopic (exact) mass is 428 g/mol. The number of carbonyl (C=O) groups is 2. The number of thioether (sulfide) groups is 1. The van der Waals surface area contributed by atoms with Crippen LogP contribution in [0, 0.1) is 5.82 Å². The van der Waals surface area contributed by atoms with Crippen molar-refractivity contribution in [1.29, 1.82) is 0 Å². The maximum atomic E-state index is 13.0. The number of ether oxygens (including phenoxy) is 1. The number of halogens is 1. The topological polar surface area (TPSA) is 92.1 Å². The van der Waals surface area contributed by atoms with E-state index in [9.17, 15) is 14.0 Å². The summed E-state index contributed by atoms with van der Waals surface area (Å²) in [6, 6.07) is 12.9. The first-order valence-corrected chi connectivity index (χ1v) is 10.2. The van der Waals surface area contributed by atoms with Gasteiger partial charge in [0, 0.05) is 12.1 Å². The van der Waals surface area contributed by atoms with E-state index in [1.807, 2.05) is 6.92 Å². The Morgan fingerprint density at radius 2 is 1.93 bits per heavy atom. The second-order valence-corrected chi connectivity index (χ2v) is 7.59. The third-order valence-corrected chi connectivity index (χ3v) is 5.22. The van der Waals surface area contributed by atoms with Crippen molar-refractivity contribution in [3.8, 4) is 5.75 Å². The first-order chi connectivity index (χ1) is 14.4. The summed E-state index contributed by atoms with van der Waals surface area (Å²) >= 11 is 1.13. The van der Waals surface area contributed by atoms with Crippen LogP contribution in [-0.4, -0.2) is 34.6 Å². The number of amides is 2. The first kappa shape index (κ1) is 21.5. The van der Waals surface area contributed by atoms with Crippen molar-refractivity contribution in [2.24, 2.45) is 10.2 Å². The normalized spacial score (nSPS) is 18.1. The Labute approximate surface area is 177 Å². The van der Waals surface area contributed by atoms with Crippen LogP contribution < -0.4 is 15.4 Å². The van der Waals surface area contributed by atoms with E-state index in [2.05, 4.69) is 20.8 Å². The van der Waals surface area contributed by atoms with Crippen LogP contribution >= 0.6 is 11.8 Å². The zero-order valence-electron chi connectivity index (χ0n) is 16.5. The van der Waals surface area contributed by atoms with Gasteiger partial charge in [0.05, 0.1) is 12.3 Å². The Kier molecular flexibility index (Phi) is 7.18. The van der Waals surface area contributed by atoms with Gasteiger partial charge in [-0.05, 0) is 55.8 Å². The third kappa shape index (κ3) is 5.90. The van der Waals surface area contributed by atoms with Crippen molar-refractivity contribution >= 4 is 40.1 Å². The minimum atomic E-state index is -0.634. The summed E-state index contributed by atoms with van der Waals surface area (Å²) in [7, 11) is 0. The van der Waals surface area contributed by atoms with Gasteiger partial charge >= 0.3 is 0 Å². The second kappa shape index (κ2) is 10.0. The van der Waals surface area contributed by atoms with Crippen LogP contribution in [-0.2, 0) is 9.59 Å². The highest BCUT2D eigenvalue weighted by atomic mass is 32.2. The molecule has 0 aromatic heterocycles. The highest BCUT2D eigenvalue weighted by Crippen LogP contribution is 2.23. The molecule has 1 atom stereocenters. The molecule has 2 aromatic rings. The molecule has 3 rings (SSSR count). The lowest BCUT2D eigenvalue weighted by Crippen LogP contribution is -2.41. The molecule has 7 nitrogen and oxygen atoms in total. The summed E-state index contributed by atoms with van der Waals surface area (Å²) in [5.74, 6) is -0.236. The minimum absolute atomic E-state index is 0.0349. The van der Waals surface area contributed by atoms with Crippen molar-refractivity contribution < 1.29 is 18.7 Å². The van der Waals surface area contributed by atoms with Crippen LogP contribution in [0.25, 0.3) is 0 Å². The lowest BCUT2D eigenvalue weighted by atomic mass is 10.1. The van der Waals surface area contributed by atoms with E-state index in [1.54, 1.807) is 43.3 Å². The van der Waals surface area contributed by atoms with Crippen molar-refractivity contribution in [2.75, 3.05) is 11.9 Å². The van der Waals surface area contributed by atoms with Crippen molar-refractivity contribution in [1.82, 2.24) is 5.32 Å². The lowest BCUT2D eigenvalue weighted by molar-refractivity contribution is -0.123. The molecule has 9 heteroatoms. The molecule has 1 aliphatic rings. The zero-order chi connectivity index (χ0) is 21.5. The van der Waals surface area contributed by atoms with E-state index in [-0.39, 0.29) is 29.2 Å². The Morgan fingerprint density at radius 1 is 1.23 bits per heavy atom. The fourth-order valence-electron chi connectivity index (χ4n) is 2.63. The predicted octanol–water partition coefficient (Wildman–Crippen LogP) is 3.56. The van der Waals surface area contributed by atoms with Gasteiger partial charge in [-0.25, -0.2) is 4.39 Å². The second-order valence-electron chi connectivity index (χ2n) is 6.40. The maximum Gasteiger partial charge on any atom is 0.238 e. The molecule has 156 valence electrons. The molecule has 0 bridgehead atoms. The largest absolute Gasteiger partial charge is 0.494 e. The van der Waals surface area contributed by atoms with Crippen molar-refractivity contribution in [2.45, 2.75) is 25.5 Å². The molecule has 0 radical (unpaired) electrons. The molecule has 2 N–H and O–H groups in total. The smallest absolute Gasteiger partial charge is 0.238 e. The Bertz CT molecular complexity index is 975. The van der Waals surface area contributed by atoms with Gasteiger partial charge in [0.15, 0.2) is 5.17 Å². The van der Waals surface area contributed by atoms with Gasteiger partial charge in [0.2, 0.25) is 11.8 Å². The van der Waals surface area contributed by atoms with Crippen LogP contribution in [0.4, 0.5) is 10.1 Å². The van der Waals surface area contributed by atoms with Crippen LogP contribution in [0.1, 0.15) is 25.8 Å². The molecule has 1 saturated heterocycles. The average Bonchev–Trinajstić information content (AvgIpc) is 2.74. The summed E-state index contributed by atoms with van der Waals surface area (Å²) in [6.45, 7) is 4.18. The molecule has 1 fully saturated rings. The highest BCUT2D eigenvalue weighted by molar-refractivity contribution is 8.15. The Balaban J connectivity index is 1.66. The third-order valence-electron chi connectivity index (χ3n) is 4.15. The van der Waals surface area contributed by atoms with Gasteiger partial charge in [-0.1, -0.05) is 23.9 Å². The van der Waals surface area contributed by atoms with E-state index < -0.39 is 5.25 Å². The van der Waals surface area contributed by atoms with Gasteiger partial charge in [-0.3, -0.25) is 9.59 Å². The fraction of sp³-hybridized carbons (Fsp3) is 0.238. The van der Waals surface area contributed by atoms with E-state index in [1.165, 1.54) is 12.1 Å². The number of amidine groups is 1. The van der Waals surface area contributed by atoms with Gasteiger partial charge in [0.1, 0.15) is 16.8 Å². The summed E-state index contributed by atoms with van der Waals surface area (Å²) in [6.07, 6.45) is 0.0349. The number of anilines is 1. The molecule has 2 aromatic carbocycles.